The highest BCUT2D eigenvalue weighted by atomic mass is 35.5. The Labute approximate surface area is 215 Å². The van der Waals surface area contributed by atoms with Gasteiger partial charge in [-0.15, -0.1) is 0 Å². The van der Waals surface area contributed by atoms with E-state index in [2.05, 4.69) is 39.6 Å². The SMILES string of the molecule is CCN1CCC(Nc2ccc3c(c2)/C(=C/c2ccccc2-c2nc4cc(Cl)ccc4[nH]2)C(=O)N3)CC1. The standard InChI is InChI=1S/C29H28ClN5O/c1-2-35-13-11-20(12-14-35)31-21-8-10-25-23(17-21)24(29(36)34-25)15-18-5-3-4-6-22(18)28-32-26-9-7-19(30)16-27(26)33-28/h3-10,15-17,20,31H,2,11-14H2,1H3,(H,32,33)(H,34,36)/b24-15-. The number of fused-ring (bicyclic) bond motifs is 2. The minimum atomic E-state index is -0.0930. The number of aromatic amines is 1. The van der Waals surface area contributed by atoms with Gasteiger partial charge in [-0.05, 0) is 67.4 Å². The number of nitrogens with one attached hydrogen (secondary N) is 3. The first kappa shape index (κ1) is 22.8. The van der Waals surface area contributed by atoms with Crippen LogP contribution in [0.3, 0.4) is 0 Å². The Morgan fingerprint density at radius 1 is 1.08 bits per heavy atom. The lowest BCUT2D eigenvalue weighted by molar-refractivity contribution is -0.110. The van der Waals surface area contributed by atoms with Crippen LogP contribution in [-0.4, -0.2) is 46.5 Å². The molecule has 2 aliphatic rings. The van der Waals surface area contributed by atoms with Crippen LogP contribution in [0.15, 0.2) is 60.7 Å². The molecule has 0 radical (unpaired) electrons. The second-order valence-electron chi connectivity index (χ2n) is 9.46. The Morgan fingerprint density at radius 2 is 1.92 bits per heavy atom. The van der Waals surface area contributed by atoms with Crippen LogP contribution >= 0.6 is 11.6 Å². The number of hydrogen-bond donors (Lipinski definition) is 3. The van der Waals surface area contributed by atoms with E-state index in [4.69, 9.17) is 16.6 Å². The summed E-state index contributed by atoms with van der Waals surface area (Å²) in [6, 6.07) is 20.2. The van der Waals surface area contributed by atoms with Crippen LogP contribution in [0.1, 0.15) is 30.9 Å². The van der Waals surface area contributed by atoms with Gasteiger partial charge in [-0.1, -0.05) is 42.8 Å². The molecule has 6 rings (SSSR count). The fraction of sp³-hybridized carbons (Fsp3) is 0.241. The zero-order valence-electron chi connectivity index (χ0n) is 20.1. The van der Waals surface area contributed by atoms with Crippen LogP contribution in [0.2, 0.25) is 5.02 Å². The number of anilines is 2. The number of carbonyl (C=O) groups is 1. The minimum absolute atomic E-state index is 0.0930. The van der Waals surface area contributed by atoms with Crippen molar-refractivity contribution in [3.8, 4) is 11.4 Å². The van der Waals surface area contributed by atoms with Gasteiger partial charge in [0.05, 0.1) is 11.0 Å². The monoisotopic (exact) mass is 497 g/mol. The Balaban J connectivity index is 1.32. The van der Waals surface area contributed by atoms with Gasteiger partial charge in [-0.3, -0.25) is 4.79 Å². The van der Waals surface area contributed by atoms with Crippen LogP contribution in [0.25, 0.3) is 34.1 Å². The number of benzene rings is 3. The molecule has 7 heteroatoms. The van der Waals surface area contributed by atoms with Crippen molar-refractivity contribution in [2.45, 2.75) is 25.8 Å². The lowest BCUT2D eigenvalue weighted by Gasteiger charge is -2.32. The molecule has 0 saturated carbocycles. The maximum Gasteiger partial charge on any atom is 0.256 e. The van der Waals surface area contributed by atoms with E-state index in [1.165, 1.54) is 0 Å². The summed E-state index contributed by atoms with van der Waals surface area (Å²) >= 11 is 6.15. The first-order valence-electron chi connectivity index (χ1n) is 12.5. The number of likely N-dealkylation sites (tertiary alicyclic amines) is 1. The summed E-state index contributed by atoms with van der Waals surface area (Å²) in [7, 11) is 0. The predicted molar refractivity (Wildman–Crippen MR) is 148 cm³/mol. The maximum absolute atomic E-state index is 13.0. The predicted octanol–water partition coefficient (Wildman–Crippen LogP) is 6.27. The van der Waals surface area contributed by atoms with Crippen LogP contribution in [0, 0.1) is 0 Å². The van der Waals surface area contributed by atoms with Crippen molar-refractivity contribution in [1.82, 2.24) is 14.9 Å². The lowest BCUT2D eigenvalue weighted by atomic mass is 9.99. The van der Waals surface area contributed by atoms with Crippen molar-refractivity contribution in [2.24, 2.45) is 0 Å². The molecule has 1 saturated heterocycles. The van der Waals surface area contributed by atoms with Crippen molar-refractivity contribution < 1.29 is 4.79 Å². The zero-order valence-corrected chi connectivity index (χ0v) is 20.9. The third kappa shape index (κ3) is 4.38. The van der Waals surface area contributed by atoms with Crippen molar-refractivity contribution in [3.05, 3.63) is 76.8 Å². The highest BCUT2D eigenvalue weighted by Crippen LogP contribution is 2.37. The average Bonchev–Trinajstić information content (AvgIpc) is 3.45. The first-order chi connectivity index (χ1) is 17.6. The summed E-state index contributed by atoms with van der Waals surface area (Å²) in [6.45, 7) is 5.56. The lowest BCUT2D eigenvalue weighted by Crippen LogP contribution is -2.38. The van der Waals surface area contributed by atoms with E-state index in [0.717, 1.165) is 77.4 Å². The highest BCUT2D eigenvalue weighted by molar-refractivity contribution is 6.35. The van der Waals surface area contributed by atoms with Crippen molar-refractivity contribution in [1.29, 1.82) is 0 Å². The molecule has 3 heterocycles. The van der Waals surface area contributed by atoms with Gasteiger partial charge in [0.25, 0.3) is 5.91 Å². The number of hydrogen-bond acceptors (Lipinski definition) is 4. The molecule has 0 atom stereocenters. The van der Waals surface area contributed by atoms with Gasteiger partial charge in [-0.2, -0.15) is 0 Å². The highest BCUT2D eigenvalue weighted by Gasteiger charge is 2.26. The van der Waals surface area contributed by atoms with Crippen LogP contribution in [0.4, 0.5) is 11.4 Å². The number of imidazole rings is 1. The molecule has 1 aromatic heterocycles. The Kier molecular flexibility index (Phi) is 5.99. The van der Waals surface area contributed by atoms with Gasteiger partial charge in [0.15, 0.2) is 0 Å². The number of rotatable bonds is 5. The van der Waals surface area contributed by atoms with Crippen LogP contribution < -0.4 is 10.6 Å². The molecule has 3 aromatic carbocycles. The van der Waals surface area contributed by atoms with E-state index in [9.17, 15) is 4.79 Å². The van der Waals surface area contributed by atoms with Crippen molar-refractivity contribution >= 4 is 51.6 Å². The Bertz CT molecular complexity index is 1480. The fourth-order valence-electron chi connectivity index (χ4n) is 5.15. The summed E-state index contributed by atoms with van der Waals surface area (Å²) in [5, 5.41) is 7.36. The normalized spacial score (nSPS) is 17.5. The number of halogens is 1. The number of aromatic nitrogens is 2. The molecule has 6 nitrogen and oxygen atoms in total. The van der Waals surface area contributed by atoms with E-state index in [1.54, 1.807) is 0 Å². The van der Waals surface area contributed by atoms with Gasteiger partial charge >= 0.3 is 0 Å². The Morgan fingerprint density at radius 3 is 2.75 bits per heavy atom. The number of piperidine rings is 1. The third-order valence-corrected chi connectivity index (χ3v) is 7.40. The molecule has 1 fully saturated rings. The van der Waals surface area contributed by atoms with Gasteiger partial charge in [0, 0.05) is 52.2 Å². The van der Waals surface area contributed by atoms with Gasteiger partial charge in [-0.25, -0.2) is 4.98 Å². The summed E-state index contributed by atoms with van der Waals surface area (Å²) in [5.41, 5.74) is 7.04. The summed E-state index contributed by atoms with van der Waals surface area (Å²) in [6.07, 6.45) is 4.21. The number of H-pyrrole nitrogens is 1. The molecule has 4 aromatic rings. The molecule has 3 N–H and O–H groups in total. The van der Waals surface area contributed by atoms with Gasteiger partial charge in [0.2, 0.25) is 0 Å². The first-order valence-corrected chi connectivity index (χ1v) is 12.9. The number of nitrogens with zero attached hydrogens (tertiary/aromatic N) is 2. The van der Waals surface area contributed by atoms with Crippen molar-refractivity contribution in [2.75, 3.05) is 30.3 Å². The quantitative estimate of drug-likeness (QED) is 0.284. The Hall–Kier alpha value is -3.61. The molecule has 36 heavy (non-hydrogen) atoms. The molecule has 1 amide bonds. The van der Waals surface area contributed by atoms with E-state index < -0.39 is 0 Å². The second-order valence-corrected chi connectivity index (χ2v) is 9.90. The molecular weight excluding hydrogens is 470 g/mol. The molecule has 0 unspecified atom stereocenters. The molecule has 0 aliphatic carbocycles. The third-order valence-electron chi connectivity index (χ3n) is 7.17. The van der Waals surface area contributed by atoms with E-state index in [-0.39, 0.29) is 5.91 Å². The summed E-state index contributed by atoms with van der Waals surface area (Å²) < 4.78 is 0. The van der Waals surface area contributed by atoms with Gasteiger partial charge in [0.1, 0.15) is 5.82 Å². The fourth-order valence-corrected chi connectivity index (χ4v) is 5.32. The van der Waals surface area contributed by atoms with E-state index in [1.807, 2.05) is 54.6 Å². The summed E-state index contributed by atoms with van der Waals surface area (Å²) in [4.78, 5) is 23.6. The van der Waals surface area contributed by atoms with Crippen molar-refractivity contribution in [3.63, 3.8) is 0 Å². The molecule has 0 spiro atoms. The molecule has 0 bridgehead atoms. The number of carbonyl (C=O) groups excluding carboxylic acids is 1. The average molecular weight is 498 g/mol. The molecule has 182 valence electrons. The second kappa shape index (κ2) is 9.45. The number of amides is 1. The molecule has 2 aliphatic heterocycles. The largest absolute Gasteiger partial charge is 0.382 e. The smallest absolute Gasteiger partial charge is 0.256 e. The van der Waals surface area contributed by atoms with E-state index >= 15 is 0 Å². The minimum Gasteiger partial charge on any atom is -0.382 e. The zero-order chi connectivity index (χ0) is 24.6. The van der Waals surface area contributed by atoms with E-state index in [0.29, 0.717) is 16.6 Å². The summed E-state index contributed by atoms with van der Waals surface area (Å²) in [5.74, 6) is 0.650. The van der Waals surface area contributed by atoms with Crippen LogP contribution in [-0.2, 0) is 4.79 Å². The topological polar surface area (TPSA) is 73.0 Å². The molecular formula is C29H28ClN5O. The van der Waals surface area contributed by atoms with Gasteiger partial charge < -0.3 is 20.5 Å². The maximum atomic E-state index is 13.0. The van der Waals surface area contributed by atoms with Crippen LogP contribution in [0.5, 0.6) is 0 Å².